The molecule has 3 aliphatic rings. The maximum absolute atomic E-state index is 14.0. The number of allylic oxidation sites excluding steroid dienone is 3. The number of aliphatic hydroxyl groups is 2. The van der Waals surface area contributed by atoms with E-state index in [2.05, 4.69) is 19.9 Å². The van der Waals surface area contributed by atoms with Crippen molar-refractivity contribution in [2.45, 2.75) is 110 Å². The average Bonchev–Trinajstić information content (AvgIpc) is 2.85. The highest BCUT2D eigenvalue weighted by molar-refractivity contribution is 6.15. The number of hydrogen-bond acceptors (Lipinski definition) is 7. The minimum atomic E-state index is -1.41. The molecule has 7 heteroatoms. The van der Waals surface area contributed by atoms with E-state index in [1.54, 1.807) is 13.2 Å². The molecule has 39 heavy (non-hydrogen) atoms. The van der Waals surface area contributed by atoms with Crippen LogP contribution in [0.5, 0.6) is 17.2 Å². The third-order valence-electron chi connectivity index (χ3n) is 8.52. The first-order chi connectivity index (χ1) is 18.1. The number of phenolic OH excluding ortho intramolecular Hbond substituents is 1. The number of carbonyl (C=O) groups is 1. The molecule has 2 aliphatic heterocycles. The Labute approximate surface area is 232 Å². The van der Waals surface area contributed by atoms with Gasteiger partial charge < -0.3 is 29.5 Å². The molecule has 0 spiro atoms. The molecule has 3 N–H and O–H groups in total. The van der Waals surface area contributed by atoms with Crippen LogP contribution < -0.4 is 9.47 Å². The quantitative estimate of drug-likeness (QED) is 0.364. The van der Waals surface area contributed by atoms with Crippen LogP contribution in [0.25, 0.3) is 6.08 Å². The minimum absolute atomic E-state index is 0.0241. The lowest BCUT2D eigenvalue weighted by atomic mass is 9.73. The molecule has 0 saturated carbocycles. The predicted molar refractivity (Wildman–Crippen MR) is 151 cm³/mol. The van der Waals surface area contributed by atoms with Crippen molar-refractivity contribution in [3.05, 3.63) is 46.1 Å². The lowest BCUT2D eigenvalue weighted by Gasteiger charge is -2.44. The molecule has 0 bridgehead atoms. The summed E-state index contributed by atoms with van der Waals surface area (Å²) in [5.41, 5.74) is 0.00770. The van der Waals surface area contributed by atoms with E-state index >= 15 is 0 Å². The van der Waals surface area contributed by atoms with Crippen LogP contribution in [-0.2, 0) is 11.2 Å². The maximum Gasteiger partial charge on any atom is 0.199 e. The van der Waals surface area contributed by atoms with Gasteiger partial charge in [0.2, 0.25) is 0 Å². The number of aliphatic hydroxyl groups excluding tert-OH is 1. The summed E-state index contributed by atoms with van der Waals surface area (Å²) in [6, 6.07) is 0. The van der Waals surface area contributed by atoms with Crippen LogP contribution in [-0.4, -0.2) is 57.2 Å². The van der Waals surface area contributed by atoms with Gasteiger partial charge in [-0.3, -0.25) is 4.79 Å². The predicted octanol–water partition coefficient (Wildman–Crippen LogP) is 5.68. The van der Waals surface area contributed by atoms with Crippen LogP contribution in [0.15, 0.2) is 29.4 Å². The van der Waals surface area contributed by atoms with Crippen molar-refractivity contribution in [2.24, 2.45) is 5.92 Å². The SMILES string of the molecule is COC(C)(C)[C@H]1CCC=C2C(=O)c3c(O)c4c(c(CC(O)C(C)(C)O)c3OC21)O[C@](C)(CCC=C(C)C)C=C4. The van der Waals surface area contributed by atoms with Gasteiger partial charge in [-0.15, -0.1) is 0 Å². The summed E-state index contributed by atoms with van der Waals surface area (Å²) in [5.74, 6) is -0.0122. The number of methoxy groups -OCH3 is 1. The van der Waals surface area contributed by atoms with Gasteiger partial charge in [0, 0.05) is 30.6 Å². The summed E-state index contributed by atoms with van der Waals surface area (Å²) >= 11 is 0. The van der Waals surface area contributed by atoms with Gasteiger partial charge >= 0.3 is 0 Å². The summed E-state index contributed by atoms with van der Waals surface area (Å²) in [7, 11) is 1.65. The first-order valence-corrected chi connectivity index (χ1v) is 13.9. The van der Waals surface area contributed by atoms with E-state index in [-0.39, 0.29) is 35.2 Å². The summed E-state index contributed by atoms with van der Waals surface area (Å²) < 4.78 is 19.0. The highest BCUT2D eigenvalue weighted by Crippen LogP contribution is 2.53. The second-order valence-electron chi connectivity index (χ2n) is 12.7. The third-order valence-corrected chi connectivity index (χ3v) is 8.52. The number of phenols is 1. The lowest BCUT2D eigenvalue weighted by molar-refractivity contribution is -0.0662. The summed E-state index contributed by atoms with van der Waals surface area (Å²) in [6.45, 7) is 13.1. The molecular weight excluding hydrogens is 496 g/mol. The molecule has 0 aromatic heterocycles. The first-order valence-electron chi connectivity index (χ1n) is 13.9. The van der Waals surface area contributed by atoms with E-state index in [0.29, 0.717) is 35.3 Å². The molecule has 7 nitrogen and oxygen atoms in total. The molecule has 0 fully saturated rings. The molecule has 1 aromatic rings. The Hall–Kier alpha value is -2.61. The number of rotatable bonds is 8. The number of aromatic hydroxyl groups is 1. The Balaban J connectivity index is 1.89. The zero-order valence-electron chi connectivity index (χ0n) is 24.6. The number of ketones is 1. The molecule has 0 radical (unpaired) electrons. The topological polar surface area (TPSA) is 105 Å². The van der Waals surface area contributed by atoms with Crippen molar-refractivity contribution in [3.63, 3.8) is 0 Å². The van der Waals surface area contributed by atoms with Crippen LogP contribution in [0, 0.1) is 5.92 Å². The fourth-order valence-corrected chi connectivity index (χ4v) is 5.72. The van der Waals surface area contributed by atoms with Gasteiger partial charge in [-0.2, -0.15) is 0 Å². The van der Waals surface area contributed by atoms with Gasteiger partial charge in [-0.25, -0.2) is 0 Å². The van der Waals surface area contributed by atoms with E-state index in [0.717, 1.165) is 12.8 Å². The Kier molecular flexibility index (Phi) is 7.85. The fourth-order valence-electron chi connectivity index (χ4n) is 5.72. The van der Waals surface area contributed by atoms with Gasteiger partial charge in [0.25, 0.3) is 0 Å². The average molecular weight is 541 g/mol. The minimum Gasteiger partial charge on any atom is -0.506 e. The maximum atomic E-state index is 14.0. The molecule has 214 valence electrons. The summed E-state index contributed by atoms with van der Waals surface area (Å²) in [4.78, 5) is 14.0. The Bertz CT molecular complexity index is 1230. The third kappa shape index (κ3) is 5.54. The molecule has 2 heterocycles. The highest BCUT2D eigenvalue weighted by Gasteiger charge is 2.48. The molecule has 1 aromatic carbocycles. The molecule has 4 rings (SSSR count). The number of ether oxygens (including phenoxy) is 3. The van der Waals surface area contributed by atoms with Crippen molar-refractivity contribution >= 4 is 11.9 Å². The summed E-state index contributed by atoms with van der Waals surface area (Å²) in [6.07, 6.45) is 8.95. The zero-order chi connectivity index (χ0) is 28.9. The van der Waals surface area contributed by atoms with E-state index < -0.39 is 29.0 Å². The standard InChI is InChI=1S/C32H44O7/c1-18(2)11-10-15-32(7)16-14-20-26(35)24-25(34)19-12-9-13-22(31(5,6)37-8)28(19)38-29(24)21(27(20)39-32)17-23(33)30(3,4)36/h11-12,14,16,22-23,28,33,35-36H,9-10,13,15,17H2,1-8H3/t22-,23?,28?,32+/m0/s1. The van der Waals surface area contributed by atoms with Crippen LogP contribution in [0.4, 0.5) is 0 Å². The van der Waals surface area contributed by atoms with Crippen molar-refractivity contribution in [1.82, 2.24) is 0 Å². The van der Waals surface area contributed by atoms with Gasteiger partial charge in [0.1, 0.15) is 34.5 Å². The van der Waals surface area contributed by atoms with E-state index in [4.69, 9.17) is 14.2 Å². The largest absolute Gasteiger partial charge is 0.506 e. The van der Waals surface area contributed by atoms with Gasteiger partial charge in [0.15, 0.2) is 5.78 Å². The summed E-state index contributed by atoms with van der Waals surface area (Å²) in [5, 5.41) is 33.0. The number of carbonyl (C=O) groups excluding carboxylic acids is 1. The highest BCUT2D eigenvalue weighted by atomic mass is 16.5. The van der Waals surface area contributed by atoms with Gasteiger partial charge in [-0.1, -0.05) is 17.7 Å². The van der Waals surface area contributed by atoms with Gasteiger partial charge in [-0.05, 0) is 86.3 Å². The van der Waals surface area contributed by atoms with Crippen molar-refractivity contribution in [3.8, 4) is 17.2 Å². The van der Waals surface area contributed by atoms with Crippen LogP contribution in [0.1, 0.15) is 95.6 Å². The van der Waals surface area contributed by atoms with E-state index in [1.807, 2.05) is 32.9 Å². The van der Waals surface area contributed by atoms with Gasteiger partial charge in [0.05, 0.1) is 22.9 Å². The van der Waals surface area contributed by atoms with Crippen molar-refractivity contribution in [2.75, 3.05) is 7.11 Å². The molecule has 0 saturated heterocycles. The molecule has 2 unspecified atom stereocenters. The zero-order valence-corrected chi connectivity index (χ0v) is 24.6. The van der Waals surface area contributed by atoms with E-state index in [9.17, 15) is 20.1 Å². The second-order valence-corrected chi connectivity index (χ2v) is 12.7. The number of Topliss-reactive ketones (excluding diaryl/α,β-unsaturated/α-hetero) is 1. The smallest absolute Gasteiger partial charge is 0.199 e. The number of hydrogen-bond donors (Lipinski definition) is 3. The normalized spacial score (nSPS) is 25.0. The van der Waals surface area contributed by atoms with Crippen molar-refractivity contribution in [1.29, 1.82) is 0 Å². The van der Waals surface area contributed by atoms with Crippen LogP contribution in [0.3, 0.4) is 0 Å². The van der Waals surface area contributed by atoms with Crippen LogP contribution in [0.2, 0.25) is 0 Å². The monoisotopic (exact) mass is 540 g/mol. The Morgan fingerprint density at radius 1 is 1.26 bits per heavy atom. The van der Waals surface area contributed by atoms with E-state index in [1.165, 1.54) is 19.4 Å². The van der Waals surface area contributed by atoms with Crippen LogP contribution >= 0.6 is 0 Å². The molecule has 1 aliphatic carbocycles. The Morgan fingerprint density at radius 3 is 2.56 bits per heavy atom. The first kappa shape index (κ1) is 29.4. The Morgan fingerprint density at radius 2 is 1.95 bits per heavy atom. The van der Waals surface area contributed by atoms with Crippen molar-refractivity contribution < 1.29 is 34.3 Å². The molecular formula is C32H44O7. The number of fused-ring (bicyclic) bond motifs is 3. The molecule has 4 atom stereocenters. The second kappa shape index (κ2) is 10.4. The number of benzene rings is 1. The fraction of sp³-hybridized carbons (Fsp3) is 0.594. The lowest BCUT2D eigenvalue weighted by Crippen LogP contribution is -2.49. The molecule has 0 amide bonds.